The van der Waals surface area contributed by atoms with E-state index in [4.69, 9.17) is 0 Å². The summed E-state index contributed by atoms with van der Waals surface area (Å²) in [6.45, 7) is 13.3. The smallest absolute Gasteiger partial charge is 0.320 e. The Morgan fingerprint density at radius 1 is 1.28 bits per heavy atom. The van der Waals surface area contributed by atoms with Gasteiger partial charge in [0, 0.05) is 6.04 Å². The predicted molar refractivity (Wildman–Crippen MR) is 74.6 cm³/mol. The topological polar surface area (TPSA) is 49.3 Å². The third kappa shape index (κ3) is 2.71. The molecule has 3 heteroatoms. The van der Waals surface area contributed by atoms with E-state index in [9.17, 15) is 9.90 Å². The molecule has 0 spiro atoms. The highest BCUT2D eigenvalue weighted by molar-refractivity contribution is 5.73. The van der Waals surface area contributed by atoms with E-state index in [-0.39, 0.29) is 6.04 Å². The largest absolute Gasteiger partial charge is 0.480 e. The van der Waals surface area contributed by atoms with Crippen LogP contribution in [-0.4, -0.2) is 23.2 Å². The van der Waals surface area contributed by atoms with Crippen LogP contribution >= 0.6 is 0 Å². The van der Waals surface area contributed by atoms with E-state index < -0.39 is 12.0 Å². The van der Waals surface area contributed by atoms with Gasteiger partial charge in [0.1, 0.15) is 6.04 Å². The van der Waals surface area contributed by atoms with Gasteiger partial charge in [0.2, 0.25) is 0 Å². The van der Waals surface area contributed by atoms with Crippen LogP contribution in [0.4, 0.5) is 0 Å². The SMILES string of the molecule is CCCCC(NC(C)C1C(C)(C)C1(C)C)C(=O)O. The molecule has 0 aromatic heterocycles. The molecule has 0 aliphatic heterocycles. The molecule has 0 heterocycles. The zero-order chi connectivity index (χ0) is 14.1. The van der Waals surface area contributed by atoms with Gasteiger partial charge in [-0.05, 0) is 30.1 Å². The number of carboxylic acids is 1. The predicted octanol–water partition coefficient (Wildman–Crippen LogP) is 3.29. The first-order valence-electron chi connectivity index (χ1n) is 7.15. The molecule has 3 nitrogen and oxygen atoms in total. The number of hydrogen-bond acceptors (Lipinski definition) is 2. The van der Waals surface area contributed by atoms with Crippen molar-refractivity contribution in [1.29, 1.82) is 0 Å². The Morgan fingerprint density at radius 2 is 1.78 bits per heavy atom. The highest BCUT2D eigenvalue weighted by Gasteiger charge is 2.66. The van der Waals surface area contributed by atoms with Gasteiger partial charge in [-0.15, -0.1) is 0 Å². The third-order valence-corrected chi connectivity index (χ3v) is 5.24. The summed E-state index contributed by atoms with van der Waals surface area (Å²) in [5.74, 6) is -0.167. The van der Waals surface area contributed by atoms with Crippen LogP contribution in [0.15, 0.2) is 0 Å². The summed E-state index contributed by atoms with van der Waals surface area (Å²) in [7, 11) is 0. The van der Waals surface area contributed by atoms with Crippen LogP contribution < -0.4 is 5.32 Å². The number of hydrogen-bond donors (Lipinski definition) is 2. The molecule has 0 aromatic carbocycles. The molecule has 0 radical (unpaired) electrons. The molecule has 18 heavy (non-hydrogen) atoms. The fraction of sp³-hybridized carbons (Fsp3) is 0.933. The molecular weight excluding hydrogens is 226 g/mol. The average Bonchev–Trinajstić information content (AvgIpc) is 2.63. The van der Waals surface area contributed by atoms with Crippen LogP contribution in [0.5, 0.6) is 0 Å². The van der Waals surface area contributed by atoms with Gasteiger partial charge >= 0.3 is 5.97 Å². The molecule has 1 aliphatic carbocycles. The first kappa shape index (κ1) is 15.5. The van der Waals surface area contributed by atoms with Crippen molar-refractivity contribution < 1.29 is 9.90 Å². The highest BCUT2D eigenvalue weighted by atomic mass is 16.4. The zero-order valence-corrected chi connectivity index (χ0v) is 12.7. The first-order valence-corrected chi connectivity index (χ1v) is 7.15. The van der Waals surface area contributed by atoms with E-state index in [1.807, 2.05) is 0 Å². The Balaban J connectivity index is 2.58. The Bertz CT molecular complexity index is 296. The lowest BCUT2D eigenvalue weighted by atomic mass is 10.0. The maximum atomic E-state index is 11.2. The van der Waals surface area contributed by atoms with E-state index in [2.05, 4.69) is 46.9 Å². The molecule has 0 amide bonds. The van der Waals surface area contributed by atoms with Crippen molar-refractivity contribution >= 4 is 5.97 Å². The van der Waals surface area contributed by atoms with Crippen LogP contribution in [0.1, 0.15) is 60.8 Å². The Kier molecular flexibility index (Phi) is 4.47. The molecule has 2 atom stereocenters. The minimum Gasteiger partial charge on any atom is -0.480 e. The summed E-state index contributed by atoms with van der Waals surface area (Å²) >= 11 is 0. The third-order valence-electron chi connectivity index (χ3n) is 5.24. The van der Waals surface area contributed by atoms with Crippen LogP contribution in [0.2, 0.25) is 0 Å². The average molecular weight is 255 g/mol. The second kappa shape index (κ2) is 5.20. The van der Waals surface area contributed by atoms with E-state index in [0.29, 0.717) is 16.7 Å². The zero-order valence-electron chi connectivity index (χ0n) is 12.7. The van der Waals surface area contributed by atoms with Gasteiger partial charge in [-0.2, -0.15) is 0 Å². The van der Waals surface area contributed by atoms with Crippen molar-refractivity contribution in [3.05, 3.63) is 0 Å². The van der Waals surface area contributed by atoms with Gasteiger partial charge in [0.15, 0.2) is 0 Å². The second-order valence-electron chi connectivity index (χ2n) is 6.91. The molecule has 2 unspecified atom stereocenters. The Hall–Kier alpha value is -0.570. The van der Waals surface area contributed by atoms with Crippen LogP contribution in [-0.2, 0) is 4.79 Å². The molecule has 1 rings (SSSR count). The van der Waals surface area contributed by atoms with Crippen molar-refractivity contribution in [1.82, 2.24) is 5.32 Å². The quantitative estimate of drug-likeness (QED) is 0.734. The second-order valence-corrected chi connectivity index (χ2v) is 6.91. The highest BCUT2D eigenvalue weighted by Crippen LogP contribution is 2.69. The van der Waals surface area contributed by atoms with Crippen molar-refractivity contribution in [2.75, 3.05) is 0 Å². The molecule has 2 N–H and O–H groups in total. The number of rotatable bonds is 7. The number of aliphatic carboxylic acids is 1. The first-order chi connectivity index (χ1) is 8.16. The molecule has 1 saturated carbocycles. The summed E-state index contributed by atoms with van der Waals surface area (Å²) in [5.41, 5.74) is 0.598. The lowest BCUT2D eigenvalue weighted by Crippen LogP contribution is -2.44. The molecule has 106 valence electrons. The molecule has 0 saturated heterocycles. The fourth-order valence-corrected chi connectivity index (χ4v) is 3.60. The van der Waals surface area contributed by atoms with Gasteiger partial charge in [0.05, 0.1) is 0 Å². The number of carbonyl (C=O) groups is 1. The molecule has 0 aromatic rings. The van der Waals surface area contributed by atoms with Gasteiger partial charge in [0.25, 0.3) is 0 Å². The van der Waals surface area contributed by atoms with Gasteiger partial charge < -0.3 is 10.4 Å². The molecule has 0 bridgehead atoms. The lowest BCUT2D eigenvalue weighted by Gasteiger charge is -2.21. The lowest BCUT2D eigenvalue weighted by molar-refractivity contribution is -0.140. The van der Waals surface area contributed by atoms with Gasteiger partial charge in [-0.25, -0.2) is 0 Å². The van der Waals surface area contributed by atoms with E-state index in [1.54, 1.807) is 0 Å². The molecule has 1 aliphatic rings. The van der Waals surface area contributed by atoms with Crippen LogP contribution in [0.25, 0.3) is 0 Å². The number of unbranched alkanes of at least 4 members (excludes halogenated alkanes) is 1. The molecule has 1 fully saturated rings. The summed E-state index contributed by atoms with van der Waals surface area (Å²) in [6.07, 6.45) is 2.73. The Morgan fingerprint density at radius 3 is 2.11 bits per heavy atom. The van der Waals surface area contributed by atoms with Crippen molar-refractivity contribution in [3.63, 3.8) is 0 Å². The number of carboxylic acid groups (broad SMARTS) is 1. The van der Waals surface area contributed by atoms with E-state index in [1.165, 1.54) is 0 Å². The monoisotopic (exact) mass is 255 g/mol. The fourth-order valence-electron chi connectivity index (χ4n) is 3.60. The van der Waals surface area contributed by atoms with Crippen LogP contribution in [0, 0.1) is 16.7 Å². The minimum atomic E-state index is -0.716. The van der Waals surface area contributed by atoms with E-state index in [0.717, 1.165) is 19.3 Å². The van der Waals surface area contributed by atoms with Gasteiger partial charge in [-0.1, -0.05) is 47.5 Å². The number of nitrogens with one attached hydrogen (secondary N) is 1. The van der Waals surface area contributed by atoms with Crippen LogP contribution in [0.3, 0.4) is 0 Å². The summed E-state index contributed by atoms with van der Waals surface area (Å²) < 4.78 is 0. The summed E-state index contributed by atoms with van der Waals surface area (Å²) in [4.78, 5) is 11.2. The van der Waals surface area contributed by atoms with Gasteiger partial charge in [-0.3, -0.25) is 4.79 Å². The van der Waals surface area contributed by atoms with Crippen molar-refractivity contribution in [2.45, 2.75) is 72.9 Å². The minimum absolute atomic E-state index is 0.257. The normalized spacial score (nSPS) is 24.6. The van der Waals surface area contributed by atoms with E-state index >= 15 is 0 Å². The summed E-state index contributed by atoms with van der Waals surface area (Å²) in [6, 6.07) is -0.139. The standard InChI is InChI=1S/C15H29NO2/c1-7-8-9-11(13(17)18)16-10(2)12-14(3,4)15(12,5)6/h10-12,16H,7-9H2,1-6H3,(H,17,18). The Labute approximate surface area is 111 Å². The van der Waals surface area contributed by atoms with Crippen molar-refractivity contribution in [3.8, 4) is 0 Å². The maximum absolute atomic E-state index is 11.2. The molecular formula is C15H29NO2. The maximum Gasteiger partial charge on any atom is 0.320 e. The summed E-state index contributed by atoms with van der Waals surface area (Å²) in [5, 5.41) is 12.6. The van der Waals surface area contributed by atoms with Crippen molar-refractivity contribution in [2.24, 2.45) is 16.7 Å².